The number of methoxy groups -OCH3 is 3. The second-order valence-corrected chi connectivity index (χ2v) is 7.88. The van der Waals surface area contributed by atoms with Gasteiger partial charge in [-0.25, -0.2) is 4.98 Å². The van der Waals surface area contributed by atoms with E-state index in [2.05, 4.69) is 20.7 Å². The van der Waals surface area contributed by atoms with Crippen molar-refractivity contribution in [2.45, 2.75) is 6.92 Å². The number of aryl methyl sites for hydroxylation is 1. The van der Waals surface area contributed by atoms with Crippen LogP contribution in [0.3, 0.4) is 0 Å². The first-order chi connectivity index (χ1) is 16.1. The van der Waals surface area contributed by atoms with Crippen LogP contribution >= 0.6 is 11.3 Å². The molecule has 0 unspecified atom stereocenters. The van der Waals surface area contributed by atoms with Crippen molar-refractivity contribution < 1.29 is 24.1 Å². The number of aliphatic hydroxyl groups excluding tert-OH is 1. The summed E-state index contributed by atoms with van der Waals surface area (Å²) in [4.78, 5) is 19.3. The van der Waals surface area contributed by atoms with E-state index in [1.807, 2.05) is 31.2 Å². The molecule has 3 rings (SSSR count). The van der Waals surface area contributed by atoms with Gasteiger partial charge in [0.15, 0.2) is 0 Å². The molecule has 0 saturated heterocycles. The Hall–Kier alpha value is -2.92. The van der Waals surface area contributed by atoms with Crippen molar-refractivity contribution in [2.75, 3.05) is 65.1 Å². The van der Waals surface area contributed by atoms with Gasteiger partial charge in [-0.2, -0.15) is 0 Å². The molecule has 0 bridgehead atoms. The molecule has 1 heterocycles. The summed E-state index contributed by atoms with van der Waals surface area (Å²) in [7, 11) is 5.98. The molecule has 10 heteroatoms. The van der Waals surface area contributed by atoms with Gasteiger partial charge < -0.3 is 24.2 Å². The molecular formula is C23H32N4O5S. The summed E-state index contributed by atoms with van der Waals surface area (Å²) in [5.74, 6) is 0.466. The van der Waals surface area contributed by atoms with Crippen LogP contribution in [0.2, 0.25) is 0 Å². The third-order valence-corrected chi connectivity index (χ3v) is 5.94. The van der Waals surface area contributed by atoms with E-state index in [0.717, 1.165) is 41.7 Å². The van der Waals surface area contributed by atoms with Gasteiger partial charge in [-0.05, 0) is 42.8 Å². The minimum atomic E-state index is -0.241. The van der Waals surface area contributed by atoms with Gasteiger partial charge in [0.2, 0.25) is 5.13 Å². The Bertz CT molecular complexity index is 1000. The molecule has 3 N–H and O–H groups in total. The Morgan fingerprint density at radius 3 is 2.24 bits per heavy atom. The zero-order valence-corrected chi connectivity index (χ0v) is 20.5. The molecule has 180 valence electrons. The molecule has 0 aliphatic heterocycles. The van der Waals surface area contributed by atoms with Crippen molar-refractivity contribution >= 4 is 38.3 Å². The van der Waals surface area contributed by atoms with Crippen LogP contribution < -0.4 is 20.5 Å². The lowest BCUT2D eigenvalue weighted by molar-refractivity contribution is 0.0962. The zero-order valence-electron chi connectivity index (χ0n) is 19.7. The van der Waals surface area contributed by atoms with E-state index in [9.17, 15) is 4.79 Å². The van der Waals surface area contributed by atoms with Crippen LogP contribution in [0.4, 0.5) is 10.8 Å². The van der Waals surface area contributed by atoms with Crippen molar-refractivity contribution in [1.29, 1.82) is 0 Å². The molecule has 9 nitrogen and oxygen atoms in total. The van der Waals surface area contributed by atoms with E-state index in [-0.39, 0.29) is 5.91 Å². The average molecular weight is 477 g/mol. The third kappa shape index (κ3) is 7.03. The van der Waals surface area contributed by atoms with Gasteiger partial charge in [-0.15, -0.1) is 0 Å². The lowest BCUT2D eigenvalue weighted by Gasteiger charge is -2.24. The second kappa shape index (κ2) is 13.6. The molecule has 1 aromatic heterocycles. The molecule has 0 aliphatic rings. The van der Waals surface area contributed by atoms with E-state index in [1.165, 1.54) is 11.3 Å². The van der Waals surface area contributed by atoms with Crippen molar-refractivity contribution in [3.05, 3.63) is 47.5 Å². The number of amides is 1. The topological polar surface area (TPSA) is 105 Å². The molecule has 0 atom stereocenters. The van der Waals surface area contributed by atoms with E-state index in [0.29, 0.717) is 29.7 Å². The minimum Gasteiger partial charge on any atom is -0.494 e. The Morgan fingerprint density at radius 1 is 1.03 bits per heavy atom. The highest BCUT2D eigenvalue weighted by Gasteiger charge is 2.13. The number of ether oxygens (including phenoxy) is 3. The summed E-state index contributed by atoms with van der Waals surface area (Å²) in [6, 6.07) is 11.3. The van der Waals surface area contributed by atoms with Gasteiger partial charge in [0.05, 0.1) is 25.0 Å². The SMILES string of the molecule is CO.COCCN(CCOC)c1ccc(C(=O)NNc2nc3c(OC)ccc(C)c3s2)cc1. The highest BCUT2D eigenvalue weighted by molar-refractivity contribution is 7.22. The number of carbonyl (C=O) groups is 1. The van der Waals surface area contributed by atoms with E-state index >= 15 is 0 Å². The van der Waals surface area contributed by atoms with Crippen molar-refractivity contribution in [1.82, 2.24) is 10.4 Å². The Kier molecular flexibility index (Phi) is 10.8. The fraction of sp³-hybridized carbons (Fsp3) is 0.391. The summed E-state index contributed by atoms with van der Waals surface area (Å²) in [5.41, 5.74) is 9.07. The maximum Gasteiger partial charge on any atom is 0.269 e. The van der Waals surface area contributed by atoms with Crippen LogP contribution in [0.1, 0.15) is 15.9 Å². The molecule has 0 aliphatic carbocycles. The average Bonchev–Trinajstić information content (AvgIpc) is 3.30. The number of aromatic nitrogens is 1. The Balaban J connectivity index is 0.00000187. The lowest BCUT2D eigenvalue weighted by atomic mass is 10.2. The smallest absolute Gasteiger partial charge is 0.269 e. The number of hydrazine groups is 1. The van der Waals surface area contributed by atoms with E-state index in [4.69, 9.17) is 19.3 Å². The van der Waals surface area contributed by atoms with Crippen molar-refractivity contribution in [3.63, 3.8) is 0 Å². The zero-order chi connectivity index (χ0) is 24.2. The highest BCUT2D eigenvalue weighted by Crippen LogP contribution is 2.34. The van der Waals surface area contributed by atoms with Gasteiger partial charge in [-0.1, -0.05) is 17.4 Å². The number of hydrogen-bond acceptors (Lipinski definition) is 9. The lowest BCUT2D eigenvalue weighted by Crippen LogP contribution is -2.31. The first-order valence-electron chi connectivity index (χ1n) is 10.4. The Morgan fingerprint density at radius 2 is 1.67 bits per heavy atom. The molecule has 33 heavy (non-hydrogen) atoms. The molecule has 0 saturated carbocycles. The number of nitrogens with one attached hydrogen (secondary N) is 2. The predicted octanol–water partition coefficient (Wildman–Crippen LogP) is 3.08. The largest absolute Gasteiger partial charge is 0.494 e. The number of thiazole rings is 1. The van der Waals surface area contributed by atoms with Crippen LogP contribution in [-0.2, 0) is 9.47 Å². The van der Waals surface area contributed by atoms with Crippen molar-refractivity contribution in [2.24, 2.45) is 0 Å². The standard InChI is InChI=1S/C22H28N4O4S.CH4O/c1-15-5-10-18(30-4)19-20(15)31-22(23-19)25-24-21(27)16-6-8-17(9-7-16)26(11-13-28-2)12-14-29-3;1-2/h5-10H,11-14H2,1-4H3,(H,23,25)(H,24,27);2H,1H3. The number of hydrogen-bond donors (Lipinski definition) is 3. The molecular weight excluding hydrogens is 444 g/mol. The minimum absolute atomic E-state index is 0.241. The first kappa shape index (κ1) is 26.3. The quantitative estimate of drug-likeness (QED) is 0.363. The number of fused-ring (bicyclic) bond motifs is 1. The first-order valence-corrected chi connectivity index (χ1v) is 11.2. The maximum absolute atomic E-state index is 12.6. The van der Waals surface area contributed by atoms with Crippen LogP contribution in [0, 0.1) is 6.92 Å². The second-order valence-electron chi connectivity index (χ2n) is 6.88. The van der Waals surface area contributed by atoms with E-state index < -0.39 is 0 Å². The van der Waals surface area contributed by atoms with Gasteiger partial charge >= 0.3 is 0 Å². The monoisotopic (exact) mass is 476 g/mol. The number of benzene rings is 2. The Labute approximate surface area is 198 Å². The van der Waals surface area contributed by atoms with Gasteiger partial charge in [0, 0.05) is 45.7 Å². The summed E-state index contributed by atoms with van der Waals surface area (Å²) in [6.45, 7) is 4.73. The van der Waals surface area contributed by atoms with Crippen LogP contribution in [-0.4, -0.2) is 70.7 Å². The van der Waals surface area contributed by atoms with Gasteiger partial charge in [-0.3, -0.25) is 15.6 Å². The van der Waals surface area contributed by atoms with Crippen LogP contribution in [0.25, 0.3) is 10.2 Å². The molecule has 2 aromatic carbocycles. The van der Waals surface area contributed by atoms with Gasteiger partial charge in [0.1, 0.15) is 11.3 Å². The van der Waals surface area contributed by atoms with Crippen LogP contribution in [0.15, 0.2) is 36.4 Å². The molecule has 0 radical (unpaired) electrons. The van der Waals surface area contributed by atoms with Crippen molar-refractivity contribution in [3.8, 4) is 5.75 Å². The molecule has 3 aromatic rings. The van der Waals surface area contributed by atoms with Crippen LogP contribution in [0.5, 0.6) is 5.75 Å². The normalized spacial score (nSPS) is 10.4. The summed E-state index contributed by atoms with van der Waals surface area (Å²) < 4.78 is 16.8. The van der Waals surface area contributed by atoms with E-state index in [1.54, 1.807) is 33.5 Å². The summed E-state index contributed by atoms with van der Waals surface area (Å²) in [6.07, 6.45) is 0. The maximum atomic E-state index is 12.6. The molecule has 1 amide bonds. The predicted molar refractivity (Wildman–Crippen MR) is 133 cm³/mol. The fourth-order valence-corrected chi connectivity index (χ4v) is 4.01. The fourth-order valence-electron chi connectivity index (χ4n) is 3.11. The number of carbonyl (C=O) groups excluding carboxylic acids is 1. The van der Waals surface area contributed by atoms with Gasteiger partial charge in [0.25, 0.3) is 5.91 Å². The number of anilines is 2. The number of rotatable bonds is 11. The number of nitrogens with zero attached hydrogens (tertiary/aromatic N) is 2. The molecule has 0 spiro atoms. The summed E-state index contributed by atoms with van der Waals surface area (Å²) in [5, 5.41) is 7.60. The molecule has 0 fully saturated rings. The summed E-state index contributed by atoms with van der Waals surface area (Å²) >= 11 is 1.46. The highest BCUT2D eigenvalue weighted by atomic mass is 32.1. The number of aliphatic hydroxyl groups is 1. The third-order valence-electron chi connectivity index (χ3n) is 4.83.